The summed E-state index contributed by atoms with van der Waals surface area (Å²) in [5, 5.41) is 3.53. The number of esters is 1. The van der Waals surface area contributed by atoms with Crippen LogP contribution in [0.1, 0.15) is 0 Å². The zero-order valence-electron chi connectivity index (χ0n) is 8.28. The lowest BCUT2D eigenvalue weighted by molar-refractivity contribution is -0.132. The number of carbonyl (C=O) groups is 1. The Morgan fingerprint density at radius 3 is 2.93 bits per heavy atom. The molecule has 3 N–H and O–H groups in total. The predicted molar refractivity (Wildman–Crippen MR) is 56.0 cm³/mol. The molecule has 0 rings (SSSR count). The van der Waals surface area contributed by atoms with Gasteiger partial charge in [0.1, 0.15) is 6.73 Å². The number of amidine groups is 1. The zero-order chi connectivity index (χ0) is 10.8. The maximum atomic E-state index is 10.7. The number of rotatable bonds is 6. The molecule has 7 heteroatoms. The van der Waals surface area contributed by atoms with Gasteiger partial charge in [-0.15, -0.1) is 0 Å². The van der Waals surface area contributed by atoms with E-state index in [0.29, 0.717) is 6.61 Å². The van der Waals surface area contributed by atoms with Gasteiger partial charge in [-0.2, -0.15) is 16.9 Å². The van der Waals surface area contributed by atoms with Gasteiger partial charge in [0.25, 0.3) is 0 Å². The Morgan fingerprint density at radius 1 is 1.64 bits per heavy atom. The number of thioether (sulfide) groups is 1. The second kappa shape index (κ2) is 8.64. The molecule has 0 saturated carbocycles. The van der Waals surface area contributed by atoms with Crippen molar-refractivity contribution < 1.29 is 14.3 Å². The minimum Gasteiger partial charge on any atom is -0.463 e. The number of nitrogens with two attached hydrogens (primary N) is 1. The van der Waals surface area contributed by atoms with Gasteiger partial charge in [-0.05, 0) is 6.26 Å². The monoisotopic (exact) mass is 221 g/mol. The van der Waals surface area contributed by atoms with Crippen molar-refractivity contribution in [3.05, 3.63) is 0 Å². The van der Waals surface area contributed by atoms with Gasteiger partial charge in [0.2, 0.25) is 5.84 Å². The minimum absolute atomic E-state index is 0.220. The molecule has 0 spiro atoms. The number of nitrogens with zero attached hydrogens (tertiary/aromatic N) is 1. The zero-order valence-corrected chi connectivity index (χ0v) is 9.10. The van der Waals surface area contributed by atoms with E-state index in [1.807, 2.05) is 6.26 Å². The molecule has 0 radical (unpaired) electrons. The van der Waals surface area contributed by atoms with Crippen LogP contribution in [0, 0.1) is 0 Å². The lowest BCUT2D eigenvalue weighted by atomic mass is 10.6. The fraction of sp³-hybridized carbons (Fsp3) is 0.714. The van der Waals surface area contributed by atoms with E-state index < -0.39 is 5.97 Å². The van der Waals surface area contributed by atoms with Crippen LogP contribution in [-0.2, 0) is 14.3 Å². The maximum Gasteiger partial charge on any atom is 0.375 e. The molecule has 0 amide bonds. The minimum atomic E-state index is -0.665. The molecule has 82 valence electrons. The Bertz CT molecular complexity index is 199. The largest absolute Gasteiger partial charge is 0.463 e. The van der Waals surface area contributed by atoms with Gasteiger partial charge in [-0.3, -0.25) is 5.43 Å². The molecule has 0 aliphatic carbocycles. The van der Waals surface area contributed by atoms with Crippen molar-refractivity contribution in [3.63, 3.8) is 0 Å². The molecule has 0 aromatic rings. The summed E-state index contributed by atoms with van der Waals surface area (Å²) in [5.74, 6) is 0.0281. The van der Waals surface area contributed by atoms with Crippen LogP contribution in [0.4, 0.5) is 0 Å². The fourth-order valence-corrected chi connectivity index (χ4v) is 0.812. The number of ether oxygens (including phenoxy) is 2. The summed E-state index contributed by atoms with van der Waals surface area (Å²) in [4.78, 5) is 10.7. The van der Waals surface area contributed by atoms with Gasteiger partial charge in [0, 0.05) is 5.75 Å². The highest BCUT2D eigenvalue weighted by atomic mass is 32.2. The average molecular weight is 221 g/mol. The smallest absolute Gasteiger partial charge is 0.375 e. The lowest BCUT2D eigenvalue weighted by Crippen LogP contribution is -2.28. The first-order valence-electron chi connectivity index (χ1n) is 3.93. The Balaban J connectivity index is 3.46. The van der Waals surface area contributed by atoms with Crippen molar-refractivity contribution in [2.24, 2.45) is 10.8 Å². The van der Waals surface area contributed by atoms with E-state index in [-0.39, 0.29) is 12.6 Å². The number of hydrazone groups is 1. The van der Waals surface area contributed by atoms with E-state index in [9.17, 15) is 4.79 Å². The van der Waals surface area contributed by atoms with E-state index >= 15 is 0 Å². The highest BCUT2D eigenvalue weighted by Gasteiger charge is 2.04. The first kappa shape index (κ1) is 13.1. The summed E-state index contributed by atoms with van der Waals surface area (Å²) in [6, 6.07) is 0. The molecule has 14 heavy (non-hydrogen) atoms. The van der Waals surface area contributed by atoms with Gasteiger partial charge in [-0.1, -0.05) is 0 Å². The lowest BCUT2D eigenvalue weighted by Gasteiger charge is -2.02. The van der Waals surface area contributed by atoms with Crippen LogP contribution >= 0.6 is 11.8 Å². The molecule has 0 fully saturated rings. The third-order valence-corrected chi connectivity index (χ3v) is 1.77. The van der Waals surface area contributed by atoms with Crippen molar-refractivity contribution in [1.82, 2.24) is 5.43 Å². The fourth-order valence-electron chi connectivity index (χ4n) is 0.528. The Labute approximate surface area is 87.2 Å². The number of hydrogen-bond donors (Lipinski definition) is 2. The molecule has 0 atom stereocenters. The summed E-state index contributed by atoms with van der Waals surface area (Å²) >= 11 is 1.69. The number of nitrogens with one attached hydrogen (secondary N) is 1. The molecule has 0 aromatic heterocycles. The molecular formula is C7H15N3O3S. The highest BCUT2D eigenvalue weighted by Crippen LogP contribution is 1.89. The molecule has 0 aliphatic rings. The second-order valence-corrected chi connectivity index (χ2v) is 3.18. The molecule has 0 saturated heterocycles. The van der Waals surface area contributed by atoms with Crippen molar-refractivity contribution in [3.8, 4) is 0 Å². The van der Waals surface area contributed by atoms with E-state index in [0.717, 1.165) is 5.75 Å². The third-order valence-electron chi connectivity index (χ3n) is 1.19. The van der Waals surface area contributed by atoms with Crippen LogP contribution in [0.3, 0.4) is 0 Å². The Hall–Kier alpha value is -0.950. The van der Waals surface area contributed by atoms with Crippen molar-refractivity contribution in [1.29, 1.82) is 0 Å². The number of hydrogen-bond acceptors (Lipinski definition) is 6. The van der Waals surface area contributed by atoms with E-state index in [2.05, 4.69) is 15.3 Å². The standard InChI is InChI=1S/C7H15N3O3S/c1-12-7(11)6(8)10-9-5-13-3-4-14-2/h9H,3-5H2,1-2H3,(H2,8,10). The molecule has 0 aliphatic heterocycles. The van der Waals surface area contributed by atoms with Crippen molar-refractivity contribution in [2.45, 2.75) is 0 Å². The Kier molecular flexibility index (Phi) is 8.05. The quantitative estimate of drug-likeness (QED) is 0.155. The molecule has 6 nitrogen and oxygen atoms in total. The third kappa shape index (κ3) is 6.55. The van der Waals surface area contributed by atoms with E-state index in [4.69, 9.17) is 10.5 Å². The second-order valence-electron chi connectivity index (χ2n) is 2.19. The van der Waals surface area contributed by atoms with Gasteiger partial charge in [-0.25, -0.2) is 4.79 Å². The first-order valence-corrected chi connectivity index (χ1v) is 5.32. The van der Waals surface area contributed by atoms with Gasteiger partial charge >= 0.3 is 5.97 Å². The van der Waals surface area contributed by atoms with Gasteiger partial charge in [0.05, 0.1) is 13.7 Å². The van der Waals surface area contributed by atoms with Gasteiger partial charge < -0.3 is 15.2 Å². The SMILES string of the molecule is COC(=O)/C(N)=N/NCOCCSC. The van der Waals surface area contributed by atoms with Crippen molar-refractivity contribution in [2.75, 3.05) is 32.5 Å². The number of methoxy groups -OCH3 is 1. The summed E-state index contributed by atoms with van der Waals surface area (Å²) in [5.41, 5.74) is 7.71. The topological polar surface area (TPSA) is 85.9 Å². The average Bonchev–Trinajstić information content (AvgIpc) is 2.21. The molecule has 0 heterocycles. The van der Waals surface area contributed by atoms with Crippen LogP contribution < -0.4 is 11.2 Å². The summed E-state index contributed by atoms with van der Waals surface area (Å²) < 4.78 is 9.42. The van der Waals surface area contributed by atoms with E-state index in [1.54, 1.807) is 11.8 Å². The van der Waals surface area contributed by atoms with E-state index in [1.165, 1.54) is 7.11 Å². The summed E-state index contributed by atoms with van der Waals surface area (Å²) in [7, 11) is 1.24. The maximum absolute atomic E-state index is 10.7. The summed E-state index contributed by atoms with van der Waals surface area (Å²) in [6.45, 7) is 0.847. The Morgan fingerprint density at radius 2 is 2.36 bits per heavy atom. The van der Waals surface area contributed by atoms with Gasteiger partial charge in [0.15, 0.2) is 0 Å². The van der Waals surface area contributed by atoms with Crippen LogP contribution in [0.15, 0.2) is 5.10 Å². The van der Waals surface area contributed by atoms with Crippen molar-refractivity contribution >= 4 is 23.6 Å². The molecule has 0 unspecified atom stereocenters. The number of carbonyl (C=O) groups excluding carboxylic acids is 1. The molecule has 0 aromatic carbocycles. The predicted octanol–water partition coefficient (Wildman–Crippen LogP) is -0.642. The molecule has 0 bridgehead atoms. The van der Waals surface area contributed by atoms with Crippen LogP contribution in [0.5, 0.6) is 0 Å². The molecular weight excluding hydrogens is 206 g/mol. The summed E-state index contributed by atoms with van der Waals surface area (Å²) in [6.07, 6.45) is 1.99. The van der Waals surface area contributed by atoms with Crippen LogP contribution in [0.25, 0.3) is 0 Å². The first-order chi connectivity index (χ1) is 6.72. The van der Waals surface area contributed by atoms with Crippen LogP contribution in [0.2, 0.25) is 0 Å². The van der Waals surface area contributed by atoms with Crippen LogP contribution in [-0.4, -0.2) is 44.3 Å². The normalized spacial score (nSPS) is 11.1. The highest BCUT2D eigenvalue weighted by molar-refractivity contribution is 7.98.